The first kappa shape index (κ1) is 21.2. The Morgan fingerprint density at radius 3 is 2.68 bits per heavy atom. The zero-order chi connectivity index (χ0) is 21.6. The average Bonchev–Trinajstić information content (AvgIpc) is 3.26. The van der Waals surface area contributed by atoms with Crippen LogP contribution in [0.5, 0.6) is 11.5 Å². The largest absolute Gasteiger partial charge is 0.486 e. The SMILES string of the molecule is CC(C)c1ccc(-n2cnnc2SCC(=O)NCCc2ccc3c(c2)OCCO3)cc1. The molecule has 4 rings (SSSR count). The number of nitrogens with one attached hydrogen (secondary N) is 1. The molecule has 0 atom stereocenters. The van der Waals surface area contributed by atoms with E-state index >= 15 is 0 Å². The van der Waals surface area contributed by atoms with Crippen LogP contribution in [-0.2, 0) is 11.2 Å². The van der Waals surface area contributed by atoms with E-state index in [0.29, 0.717) is 30.8 Å². The van der Waals surface area contributed by atoms with Crippen LogP contribution >= 0.6 is 11.8 Å². The number of rotatable bonds is 8. The van der Waals surface area contributed by atoms with E-state index < -0.39 is 0 Å². The summed E-state index contributed by atoms with van der Waals surface area (Å²) < 4.78 is 13.0. The Kier molecular flexibility index (Phi) is 6.76. The zero-order valence-corrected chi connectivity index (χ0v) is 18.5. The standard InChI is InChI=1S/C23H26N4O3S/c1-16(2)18-4-6-19(7-5-18)27-15-25-26-23(27)31-14-22(28)24-10-9-17-3-8-20-21(13-17)30-12-11-29-20/h3-8,13,15-16H,9-12,14H2,1-2H3,(H,24,28). The highest BCUT2D eigenvalue weighted by molar-refractivity contribution is 7.99. The van der Waals surface area contributed by atoms with Crippen molar-refractivity contribution in [1.82, 2.24) is 20.1 Å². The maximum Gasteiger partial charge on any atom is 0.230 e. The number of benzene rings is 2. The topological polar surface area (TPSA) is 78.3 Å². The molecule has 3 aromatic rings. The Morgan fingerprint density at radius 1 is 1.13 bits per heavy atom. The molecule has 7 nitrogen and oxygen atoms in total. The third-order valence-corrected chi connectivity index (χ3v) is 5.97. The second-order valence-electron chi connectivity index (χ2n) is 7.60. The van der Waals surface area contributed by atoms with Gasteiger partial charge in [0, 0.05) is 12.2 Å². The lowest BCUT2D eigenvalue weighted by molar-refractivity contribution is -0.118. The van der Waals surface area contributed by atoms with Crippen molar-refractivity contribution in [1.29, 1.82) is 0 Å². The number of carbonyl (C=O) groups excluding carboxylic acids is 1. The number of ether oxygens (including phenoxy) is 2. The molecule has 0 aliphatic carbocycles. The second-order valence-corrected chi connectivity index (χ2v) is 8.54. The molecule has 31 heavy (non-hydrogen) atoms. The molecule has 0 bridgehead atoms. The number of fused-ring (bicyclic) bond motifs is 1. The maximum absolute atomic E-state index is 12.3. The molecule has 0 saturated heterocycles. The molecule has 0 saturated carbocycles. The van der Waals surface area contributed by atoms with Gasteiger partial charge in [-0.2, -0.15) is 0 Å². The summed E-state index contributed by atoms with van der Waals surface area (Å²) in [4.78, 5) is 12.3. The first-order chi connectivity index (χ1) is 15.1. The van der Waals surface area contributed by atoms with Crippen molar-refractivity contribution in [3.63, 3.8) is 0 Å². The van der Waals surface area contributed by atoms with Crippen LogP contribution < -0.4 is 14.8 Å². The molecule has 8 heteroatoms. The van der Waals surface area contributed by atoms with E-state index in [0.717, 1.165) is 29.2 Å². The highest BCUT2D eigenvalue weighted by atomic mass is 32.2. The molecule has 0 fully saturated rings. The van der Waals surface area contributed by atoms with Crippen molar-refractivity contribution < 1.29 is 14.3 Å². The number of hydrogen-bond donors (Lipinski definition) is 1. The molecule has 0 radical (unpaired) electrons. The van der Waals surface area contributed by atoms with Crippen LogP contribution in [-0.4, -0.2) is 46.2 Å². The first-order valence-corrected chi connectivity index (χ1v) is 11.4. The molecular weight excluding hydrogens is 412 g/mol. The van der Waals surface area contributed by atoms with Gasteiger partial charge in [0.25, 0.3) is 0 Å². The van der Waals surface area contributed by atoms with Crippen LogP contribution in [0.25, 0.3) is 5.69 Å². The van der Waals surface area contributed by atoms with Gasteiger partial charge in [-0.1, -0.05) is 43.8 Å². The lowest BCUT2D eigenvalue weighted by atomic mass is 10.0. The fraction of sp³-hybridized carbons (Fsp3) is 0.348. The second kappa shape index (κ2) is 9.87. The quantitative estimate of drug-likeness (QED) is 0.542. The minimum atomic E-state index is -0.0350. The molecule has 1 N–H and O–H groups in total. The summed E-state index contributed by atoms with van der Waals surface area (Å²) in [5.74, 6) is 2.27. The molecular formula is C23H26N4O3S. The lowest BCUT2D eigenvalue weighted by Gasteiger charge is -2.18. The zero-order valence-electron chi connectivity index (χ0n) is 17.7. The fourth-order valence-corrected chi connectivity index (χ4v) is 4.05. The highest BCUT2D eigenvalue weighted by Gasteiger charge is 2.13. The van der Waals surface area contributed by atoms with E-state index in [9.17, 15) is 4.79 Å². The van der Waals surface area contributed by atoms with Crippen molar-refractivity contribution >= 4 is 17.7 Å². The van der Waals surface area contributed by atoms with Gasteiger partial charge in [-0.05, 0) is 47.7 Å². The van der Waals surface area contributed by atoms with Crippen LogP contribution in [0.4, 0.5) is 0 Å². The molecule has 2 aromatic carbocycles. The summed E-state index contributed by atoms with van der Waals surface area (Å²) in [6.07, 6.45) is 2.40. The molecule has 1 aliphatic heterocycles. The summed E-state index contributed by atoms with van der Waals surface area (Å²) in [5.41, 5.74) is 3.36. The number of amides is 1. The van der Waals surface area contributed by atoms with E-state index in [1.807, 2.05) is 22.8 Å². The third kappa shape index (κ3) is 5.38. The predicted molar refractivity (Wildman–Crippen MR) is 120 cm³/mol. The number of hydrogen-bond acceptors (Lipinski definition) is 6. The summed E-state index contributed by atoms with van der Waals surface area (Å²) >= 11 is 1.37. The molecule has 1 aromatic heterocycles. The van der Waals surface area contributed by atoms with Crippen molar-refractivity contribution in [2.45, 2.75) is 31.3 Å². The number of carbonyl (C=O) groups is 1. The minimum Gasteiger partial charge on any atom is -0.486 e. The van der Waals surface area contributed by atoms with E-state index in [-0.39, 0.29) is 11.7 Å². The highest BCUT2D eigenvalue weighted by Crippen LogP contribution is 2.30. The number of thioether (sulfide) groups is 1. The van der Waals surface area contributed by atoms with Gasteiger partial charge in [0.15, 0.2) is 16.7 Å². The molecule has 162 valence electrons. The number of aromatic nitrogens is 3. The monoisotopic (exact) mass is 438 g/mol. The van der Waals surface area contributed by atoms with Crippen LogP contribution in [0.15, 0.2) is 53.9 Å². The summed E-state index contributed by atoms with van der Waals surface area (Å²) in [5, 5.41) is 11.8. The van der Waals surface area contributed by atoms with Gasteiger partial charge >= 0.3 is 0 Å². The molecule has 2 heterocycles. The third-order valence-electron chi connectivity index (χ3n) is 5.03. The summed E-state index contributed by atoms with van der Waals surface area (Å²) in [6, 6.07) is 14.2. The van der Waals surface area contributed by atoms with Crippen molar-refractivity contribution in [2.75, 3.05) is 25.5 Å². The van der Waals surface area contributed by atoms with Gasteiger partial charge in [0.05, 0.1) is 5.75 Å². The fourth-order valence-electron chi connectivity index (χ4n) is 3.29. The van der Waals surface area contributed by atoms with E-state index in [2.05, 4.69) is 53.6 Å². The van der Waals surface area contributed by atoms with Crippen LogP contribution in [0.2, 0.25) is 0 Å². The predicted octanol–water partition coefficient (Wildman–Crippen LogP) is 3.61. The smallest absolute Gasteiger partial charge is 0.230 e. The van der Waals surface area contributed by atoms with Crippen molar-refractivity contribution in [2.24, 2.45) is 0 Å². The van der Waals surface area contributed by atoms with Crippen molar-refractivity contribution in [3.8, 4) is 17.2 Å². The lowest BCUT2D eigenvalue weighted by Crippen LogP contribution is -2.27. The summed E-state index contributed by atoms with van der Waals surface area (Å²) in [6.45, 7) is 6.04. The minimum absolute atomic E-state index is 0.0350. The maximum atomic E-state index is 12.3. The Bertz CT molecular complexity index is 1030. The van der Waals surface area contributed by atoms with Crippen LogP contribution in [0, 0.1) is 0 Å². The van der Waals surface area contributed by atoms with E-state index in [1.54, 1.807) is 6.33 Å². The van der Waals surface area contributed by atoms with Gasteiger partial charge in [0.2, 0.25) is 5.91 Å². The van der Waals surface area contributed by atoms with Gasteiger partial charge in [-0.25, -0.2) is 0 Å². The van der Waals surface area contributed by atoms with E-state index in [4.69, 9.17) is 9.47 Å². The van der Waals surface area contributed by atoms with E-state index in [1.165, 1.54) is 17.3 Å². The van der Waals surface area contributed by atoms with Gasteiger partial charge in [0.1, 0.15) is 19.5 Å². The summed E-state index contributed by atoms with van der Waals surface area (Å²) in [7, 11) is 0. The van der Waals surface area contributed by atoms with Crippen LogP contribution in [0.3, 0.4) is 0 Å². The Balaban J connectivity index is 1.26. The normalized spacial score (nSPS) is 12.7. The van der Waals surface area contributed by atoms with Crippen LogP contribution in [0.1, 0.15) is 30.9 Å². The Labute approximate surface area is 186 Å². The molecule has 0 spiro atoms. The average molecular weight is 439 g/mol. The van der Waals surface area contributed by atoms with Gasteiger partial charge in [-0.3, -0.25) is 9.36 Å². The number of nitrogens with zero attached hydrogens (tertiary/aromatic N) is 3. The molecule has 1 aliphatic rings. The Morgan fingerprint density at radius 2 is 1.90 bits per heavy atom. The van der Waals surface area contributed by atoms with Crippen molar-refractivity contribution in [3.05, 3.63) is 59.9 Å². The van der Waals surface area contributed by atoms with Gasteiger partial charge < -0.3 is 14.8 Å². The molecule has 1 amide bonds. The van der Waals surface area contributed by atoms with Gasteiger partial charge in [-0.15, -0.1) is 10.2 Å². The Hall–Kier alpha value is -3.00. The molecule has 0 unspecified atom stereocenters. The first-order valence-electron chi connectivity index (χ1n) is 10.4.